The number of hydrazine groups is 1. The van der Waals surface area contributed by atoms with E-state index >= 15 is 0 Å². The fourth-order valence-corrected chi connectivity index (χ4v) is 3.65. The molecular weight excluding hydrogens is 424 g/mol. The van der Waals surface area contributed by atoms with Gasteiger partial charge in [-0.15, -0.1) is 0 Å². The van der Waals surface area contributed by atoms with E-state index in [1.807, 2.05) is 13.8 Å². The van der Waals surface area contributed by atoms with Crippen molar-refractivity contribution in [3.8, 4) is 11.5 Å². The number of piperidine rings is 1. The molecule has 4 amide bonds. The van der Waals surface area contributed by atoms with Crippen molar-refractivity contribution in [3.63, 3.8) is 0 Å². The average Bonchev–Trinajstić information content (AvgIpc) is 2.83. The quantitative estimate of drug-likeness (QED) is 0.550. The number of ether oxygens (including phenoxy) is 2. The molecule has 1 aliphatic rings. The Balaban J connectivity index is 1.84. The number of amides is 4. The molecule has 9 heteroatoms. The lowest BCUT2D eigenvalue weighted by atomic mass is 9.96. The number of hydrogen-bond acceptors (Lipinski definition) is 5. The van der Waals surface area contributed by atoms with Crippen LogP contribution in [-0.4, -0.2) is 67.5 Å². The maximum absolute atomic E-state index is 12.5. The van der Waals surface area contributed by atoms with E-state index in [2.05, 4.69) is 24.7 Å². The first-order valence-corrected chi connectivity index (χ1v) is 11.8. The molecule has 1 saturated heterocycles. The Hall–Kier alpha value is -2.97. The Morgan fingerprint density at radius 2 is 1.76 bits per heavy atom. The third-order valence-electron chi connectivity index (χ3n) is 5.85. The Morgan fingerprint density at radius 3 is 2.33 bits per heavy atom. The van der Waals surface area contributed by atoms with E-state index in [0.29, 0.717) is 68.6 Å². The molecule has 0 aromatic heterocycles. The van der Waals surface area contributed by atoms with Crippen molar-refractivity contribution in [2.24, 2.45) is 11.8 Å². The second-order valence-electron chi connectivity index (χ2n) is 8.56. The predicted molar refractivity (Wildman–Crippen MR) is 126 cm³/mol. The predicted octanol–water partition coefficient (Wildman–Crippen LogP) is 3.05. The number of methoxy groups -OCH3 is 1. The average molecular weight is 463 g/mol. The summed E-state index contributed by atoms with van der Waals surface area (Å²) in [5.74, 6) is 0.619. The third kappa shape index (κ3) is 7.54. The summed E-state index contributed by atoms with van der Waals surface area (Å²) >= 11 is 0. The van der Waals surface area contributed by atoms with Gasteiger partial charge in [-0.3, -0.25) is 20.4 Å². The van der Waals surface area contributed by atoms with Crippen LogP contribution in [0.4, 0.5) is 4.79 Å². The van der Waals surface area contributed by atoms with Gasteiger partial charge in [-0.05, 0) is 57.2 Å². The minimum absolute atomic E-state index is 0.0118. The molecule has 0 unspecified atom stereocenters. The number of hydrogen-bond donors (Lipinski definition) is 2. The van der Waals surface area contributed by atoms with Crippen molar-refractivity contribution < 1.29 is 23.9 Å². The van der Waals surface area contributed by atoms with Crippen LogP contribution in [0.2, 0.25) is 0 Å². The van der Waals surface area contributed by atoms with Crippen molar-refractivity contribution in [1.29, 1.82) is 0 Å². The highest BCUT2D eigenvalue weighted by Crippen LogP contribution is 2.28. The maximum atomic E-state index is 12.5. The van der Waals surface area contributed by atoms with Gasteiger partial charge in [0.15, 0.2) is 11.5 Å². The number of nitrogens with zero attached hydrogens (tertiary/aromatic N) is 2. The van der Waals surface area contributed by atoms with Crippen LogP contribution in [-0.2, 0) is 4.79 Å². The van der Waals surface area contributed by atoms with Crippen molar-refractivity contribution in [3.05, 3.63) is 23.8 Å². The van der Waals surface area contributed by atoms with Crippen molar-refractivity contribution >= 4 is 17.8 Å². The number of likely N-dealkylation sites (tertiary alicyclic amines) is 1. The highest BCUT2D eigenvalue weighted by atomic mass is 16.5. The molecule has 0 radical (unpaired) electrons. The number of benzene rings is 1. The zero-order chi connectivity index (χ0) is 24.4. The summed E-state index contributed by atoms with van der Waals surface area (Å²) in [6, 6.07) is 4.92. The third-order valence-corrected chi connectivity index (χ3v) is 5.85. The standard InChI is InChI=1S/C24H38N4O5/c1-6-27(7-2)24(31)28-13-10-18(11-14-28)22(29)25-26-23(30)19-8-9-20(21(16-19)32-5)33-15-12-17(3)4/h8-9,16-18H,6-7,10-15H2,1-5H3,(H,25,29)(H,26,30). The number of carbonyl (C=O) groups is 3. The Morgan fingerprint density at radius 1 is 1.09 bits per heavy atom. The van der Waals surface area contributed by atoms with Crippen LogP contribution in [0.15, 0.2) is 18.2 Å². The molecule has 0 saturated carbocycles. The summed E-state index contributed by atoms with van der Waals surface area (Å²) in [5.41, 5.74) is 5.34. The molecule has 2 N–H and O–H groups in total. The molecule has 184 valence electrons. The van der Waals surface area contributed by atoms with Crippen LogP contribution in [0.3, 0.4) is 0 Å². The fraction of sp³-hybridized carbons (Fsp3) is 0.625. The summed E-state index contributed by atoms with van der Waals surface area (Å²) in [6.07, 6.45) is 2.04. The van der Waals surface area contributed by atoms with Gasteiger partial charge in [-0.1, -0.05) is 13.8 Å². The molecule has 2 rings (SSSR count). The van der Waals surface area contributed by atoms with Gasteiger partial charge < -0.3 is 19.3 Å². The molecule has 0 aliphatic carbocycles. The number of rotatable bonds is 9. The van der Waals surface area contributed by atoms with Gasteiger partial charge in [-0.2, -0.15) is 0 Å². The van der Waals surface area contributed by atoms with Gasteiger partial charge in [0.1, 0.15) is 0 Å². The van der Waals surface area contributed by atoms with Crippen molar-refractivity contribution in [1.82, 2.24) is 20.7 Å². The van der Waals surface area contributed by atoms with Gasteiger partial charge in [0, 0.05) is 37.7 Å². The normalized spacial score (nSPS) is 14.1. The van der Waals surface area contributed by atoms with Gasteiger partial charge in [0.25, 0.3) is 5.91 Å². The highest BCUT2D eigenvalue weighted by molar-refractivity contribution is 5.96. The molecule has 1 fully saturated rings. The topological polar surface area (TPSA) is 100 Å². The highest BCUT2D eigenvalue weighted by Gasteiger charge is 2.29. The Bertz CT molecular complexity index is 802. The van der Waals surface area contributed by atoms with E-state index in [-0.39, 0.29) is 17.9 Å². The number of urea groups is 1. The van der Waals surface area contributed by atoms with Gasteiger partial charge in [-0.25, -0.2) is 4.79 Å². The number of carbonyl (C=O) groups excluding carboxylic acids is 3. The largest absolute Gasteiger partial charge is 0.493 e. The molecular formula is C24H38N4O5. The fourth-order valence-electron chi connectivity index (χ4n) is 3.65. The van der Waals surface area contributed by atoms with Gasteiger partial charge in [0.2, 0.25) is 5.91 Å². The lowest BCUT2D eigenvalue weighted by Crippen LogP contribution is -2.50. The molecule has 9 nitrogen and oxygen atoms in total. The minimum atomic E-state index is -0.440. The molecule has 33 heavy (non-hydrogen) atoms. The van der Waals surface area contributed by atoms with Gasteiger partial charge in [0.05, 0.1) is 13.7 Å². The summed E-state index contributed by atoms with van der Waals surface area (Å²) in [5, 5.41) is 0. The lowest BCUT2D eigenvalue weighted by Gasteiger charge is -2.34. The Labute approximate surface area is 196 Å². The molecule has 1 aromatic rings. The van der Waals surface area contributed by atoms with E-state index < -0.39 is 5.91 Å². The van der Waals surface area contributed by atoms with E-state index in [4.69, 9.17) is 9.47 Å². The van der Waals surface area contributed by atoms with Crippen LogP contribution < -0.4 is 20.3 Å². The van der Waals surface area contributed by atoms with E-state index in [0.717, 1.165) is 6.42 Å². The van der Waals surface area contributed by atoms with E-state index in [1.165, 1.54) is 7.11 Å². The van der Waals surface area contributed by atoms with E-state index in [9.17, 15) is 14.4 Å². The van der Waals surface area contributed by atoms with Crippen LogP contribution in [0, 0.1) is 11.8 Å². The molecule has 1 aliphatic heterocycles. The first-order chi connectivity index (χ1) is 15.8. The number of nitrogens with one attached hydrogen (secondary N) is 2. The second-order valence-corrected chi connectivity index (χ2v) is 8.56. The van der Waals surface area contributed by atoms with E-state index in [1.54, 1.807) is 28.0 Å². The first-order valence-electron chi connectivity index (χ1n) is 11.8. The minimum Gasteiger partial charge on any atom is -0.493 e. The zero-order valence-electron chi connectivity index (χ0n) is 20.5. The smallest absolute Gasteiger partial charge is 0.319 e. The molecule has 1 aromatic carbocycles. The summed E-state index contributed by atoms with van der Waals surface area (Å²) < 4.78 is 11.1. The first kappa shape index (κ1) is 26.3. The SMILES string of the molecule is CCN(CC)C(=O)N1CCC(C(=O)NNC(=O)c2ccc(OCCC(C)C)c(OC)c2)CC1. The second kappa shape index (κ2) is 12.9. The van der Waals surface area contributed by atoms with Crippen molar-refractivity contribution in [2.45, 2.75) is 47.0 Å². The summed E-state index contributed by atoms with van der Waals surface area (Å²) in [4.78, 5) is 41.0. The molecule has 0 atom stereocenters. The van der Waals surface area contributed by atoms with Crippen LogP contribution >= 0.6 is 0 Å². The van der Waals surface area contributed by atoms with Gasteiger partial charge >= 0.3 is 6.03 Å². The van der Waals surface area contributed by atoms with Crippen LogP contribution in [0.5, 0.6) is 11.5 Å². The summed E-state index contributed by atoms with van der Waals surface area (Å²) in [7, 11) is 1.52. The Kier molecular flexibility index (Phi) is 10.3. The lowest BCUT2D eigenvalue weighted by molar-refractivity contribution is -0.127. The maximum Gasteiger partial charge on any atom is 0.319 e. The molecule has 1 heterocycles. The van der Waals surface area contributed by atoms with Crippen LogP contribution in [0.1, 0.15) is 57.3 Å². The summed E-state index contributed by atoms with van der Waals surface area (Å²) in [6.45, 7) is 11.1. The van der Waals surface area contributed by atoms with Crippen molar-refractivity contribution in [2.75, 3.05) is 39.9 Å². The molecule has 0 spiro atoms. The zero-order valence-corrected chi connectivity index (χ0v) is 20.5. The monoisotopic (exact) mass is 462 g/mol. The van der Waals surface area contributed by atoms with Crippen LogP contribution in [0.25, 0.3) is 0 Å². The molecule has 0 bridgehead atoms.